The number of rotatable bonds is 2. The predicted molar refractivity (Wildman–Crippen MR) is 78.8 cm³/mol. The van der Waals surface area contributed by atoms with Crippen LogP contribution in [-0.4, -0.2) is 33.2 Å². The van der Waals surface area contributed by atoms with Crippen molar-refractivity contribution in [3.05, 3.63) is 48.0 Å². The highest BCUT2D eigenvalue weighted by Gasteiger charge is 2.41. The summed E-state index contributed by atoms with van der Waals surface area (Å²) in [5.74, 6) is -0.158. The van der Waals surface area contributed by atoms with Crippen molar-refractivity contribution in [2.45, 2.75) is 31.5 Å². The zero-order chi connectivity index (χ0) is 15.1. The molecule has 0 saturated carbocycles. The van der Waals surface area contributed by atoms with E-state index in [1.54, 1.807) is 23.0 Å². The molecule has 2 aliphatic rings. The molecule has 4 rings (SSSR count). The molecule has 0 unspecified atom stereocenters. The summed E-state index contributed by atoms with van der Waals surface area (Å²) < 4.78 is 14.7. The van der Waals surface area contributed by atoms with E-state index in [-0.39, 0.29) is 23.9 Å². The first-order valence-electron chi connectivity index (χ1n) is 7.59. The van der Waals surface area contributed by atoms with Gasteiger partial charge >= 0.3 is 0 Å². The summed E-state index contributed by atoms with van der Waals surface area (Å²) in [5.41, 5.74) is 1.76. The molecule has 1 N–H and O–H groups in total. The first kappa shape index (κ1) is 13.5. The van der Waals surface area contributed by atoms with E-state index in [1.165, 1.54) is 12.1 Å². The highest BCUT2D eigenvalue weighted by molar-refractivity contribution is 5.84. The van der Waals surface area contributed by atoms with Gasteiger partial charge in [-0.15, -0.1) is 0 Å². The molecule has 2 saturated heterocycles. The molecule has 1 amide bonds. The number of carbonyl (C=O) groups is 1. The first-order chi connectivity index (χ1) is 10.7. The van der Waals surface area contributed by atoms with Gasteiger partial charge < -0.3 is 5.32 Å². The average molecular weight is 300 g/mol. The van der Waals surface area contributed by atoms with E-state index in [1.807, 2.05) is 6.20 Å². The number of halogens is 1. The third-order valence-electron chi connectivity index (χ3n) is 4.47. The maximum atomic E-state index is 13.0. The molecular formula is C16H17FN4O. The van der Waals surface area contributed by atoms with Gasteiger partial charge in [-0.2, -0.15) is 5.10 Å². The molecule has 2 aromatic rings. The Morgan fingerprint density at radius 2 is 2.05 bits per heavy atom. The van der Waals surface area contributed by atoms with Gasteiger partial charge in [0.1, 0.15) is 12.0 Å². The highest BCUT2D eigenvalue weighted by Crippen LogP contribution is 2.32. The number of hydrogen-bond acceptors (Lipinski definition) is 3. The van der Waals surface area contributed by atoms with Crippen molar-refractivity contribution in [1.82, 2.24) is 20.0 Å². The number of carbonyl (C=O) groups excluding carboxylic acids is 1. The molecule has 0 spiro atoms. The van der Waals surface area contributed by atoms with Gasteiger partial charge in [-0.3, -0.25) is 9.69 Å². The summed E-state index contributed by atoms with van der Waals surface area (Å²) in [5, 5.41) is 7.40. The van der Waals surface area contributed by atoms with Gasteiger partial charge in [-0.1, -0.05) is 6.42 Å². The van der Waals surface area contributed by atoms with Gasteiger partial charge in [0, 0.05) is 18.3 Å². The molecule has 6 heteroatoms. The molecule has 114 valence electrons. The van der Waals surface area contributed by atoms with Crippen LogP contribution in [0.2, 0.25) is 0 Å². The number of fused-ring (bicyclic) bond motifs is 1. The smallest absolute Gasteiger partial charge is 0.238 e. The first-order valence-corrected chi connectivity index (χ1v) is 7.59. The molecule has 1 aromatic carbocycles. The van der Waals surface area contributed by atoms with Crippen LogP contribution < -0.4 is 5.32 Å². The van der Waals surface area contributed by atoms with Crippen molar-refractivity contribution in [1.29, 1.82) is 0 Å². The Bertz CT molecular complexity index is 696. The van der Waals surface area contributed by atoms with Gasteiger partial charge in [-0.25, -0.2) is 9.07 Å². The Kier molecular flexibility index (Phi) is 3.18. The van der Waals surface area contributed by atoms with Gasteiger partial charge in [0.15, 0.2) is 0 Å². The van der Waals surface area contributed by atoms with Crippen molar-refractivity contribution in [2.24, 2.45) is 0 Å². The van der Waals surface area contributed by atoms with Crippen LogP contribution in [0.3, 0.4) is 0 Å². The third-order valence-corrected chi connectivity index (χ3v) is 4.47. The molecule has 3 heterocycles. The quantitative estimate of drug-likeness (QED) is 0.923. The van der Waals surface area contributed by atoms with Crippen LogP contribution in [-0.2, 0) is 4.79 Å². The number of amides is 1. The van der Waals surface area contributed by atoms with E-state index in [9.17, 15) is 9.18 Å². The molecule has 22 heavy (non-hydrogen) atoms. The van der Waals surface area contributed by atoms with Crippen molar-refractivity contribution >= 4 is 5.91 Å². The molecule has 2 fully saturated rings. The lowest BCUT2D eigenvalue weighted by molar-refractivity contribution is -0.122. The molecule has 2 atom stereocenters. The molecular weight excluding hydrogens is 283 g/mol. The standard InChI is InChI=1S/C16H17FN4O/c17-12-4-6-13(7-5-12)21-10-11(9-18-21)15-19-16(22)14-3-1-2-8-20(14)15/h4-7,9-10,14-15H,1-3,8H2,(H,19,22)/t14-,15+/m0/s1. The van der Waals surface area contributed by atoms with E-state index in [0.29, 0.717) is 0 Å². The van der Waals surface area contributed by atoms with Crippen molar-refractivity contribution in [3.8, 4) is 5.69 Å². The zero-order valence-corrected chi connectivity index (χ0v) is 12.1. The van der Waals surface area contributed by atoms with E-state index in [2.05, 4.69) is 15.3 Å². The van der Waals surface area contributed by atoms with Crippen molar-refractivity contribution < 1.29 is 9.18 Å². The molecule has 5 nitrogen and oxygen atoms in total. The van der Waals surface area contributed by atoms with Gasteiger partial charge in [0.2, 0.25) is 5.91 Å². The third kappa shape index (κ3) is 2.20. The second kappa shape index (κ2) is 5.21. The van der Waals surface area contributed by atoms with Crippen molar-refractivity contribution in [2.75, 3.05) is 6.54 Å². The zero-order valence-electron chi connectivity index (χ0n) is 12.1. The SMILES string of the molecule is O=C1N[C@@H](c2cnn(-c3ccc(F)cc3)c2)N2CCCC[C@@H]12. The van der Waals surface area contributed by atoms with E-state index in [0.717, 1.165) is 37.1 Å². The highest BCUT2D eigenvalue weighted by atomic mass is 19.1. The normalized spacial score (nSPS) is 25.0. The van der Waals surface area contributed by atoms with Gasteiger partial charge in [-0.05, 0) is 37.1 Å². The summed E-state index contributed by atoms with van der Waals surface area (Å²) >= 11 is 0. The second-order valence-electron chi connectivity index (χ2n) is 5.86. The van der Waals surface area contributed by atoms with E-state index in [4.69, 9.17) is 0 Å². The Morgan fingerprint density at radius 1 is 1.23 bits per heavy atom. The fourth-order valence-electron chi connectivity index (χ4n) is 3.35. The number of aromatic nitrogens is 2. The Labute approximate surface area is 127 Å². The Balaban J connectivity index is 1.61. The van der Waals surface area contributed by atoms with Crippen molar-refractivity contribution in [3.63, 3.8) is 0 Å². The summed E-state index contributed by atoms with van der Waals surface area (Å²) in [7, 11) is 0. The summed E-state index contributed by atoms with van der Waals surface area (Å²) in [6.45, 7) is 0.926. The van der Waals surface area contributed by atoms with Crippen LogP contribution in [0.1, 0.15) is 31.0 Å². The van der Waals surface area contributed by atoms with Crippen LogP contribution in [0.5, 0.6) is 0 Å². The summed E-state index contributed by atoms with van der Waals surface area (Å²) in [6.07, 6.45) is 6.71. The number of piperidine rings is 1. The minimum atomic E-state index is -0.268. The van der Waals surface area contributed by atoms with Gasteiger partial charge in [0.25, 0.3) is 0 Å². The minimum absolute atomic E-state index is 0.00655. The molecule has 2 aliphatic heterocycles. The van der Waals surface area contributed by atoms with Crippen LogP contribution in [0.15, 0.2) is 36.7 Å². The molecule has 0 aliphatic carbocycles. The number of nitrogens with zero attached hydrogens (tertiary/aromatic N) is 3. The number of nitrogens with one attached hydrogen (secondary N) is 1. The van der Waals surface area contributed by atoms with Crippen LogP contribution in [0.4, 0.5) is 4.39 Å². The van der Waals surface area contributed by atoms with Crippen LogP contribution in [0, 0.1) is 5.82 Å². The fraction of sp³-hybridized carbons (Fsp3) is 0.375. The summed E-state index contributed by atoms with van der Waals surface area (Å²) in [6, 6.07) is 6.18. The monoisotopic (exact) mass is 300 g/mol. The number of benzene rings is 1. The molecule has 0 radical (unpaired) electrons. The minimum Gasteiger partial charge on any atom is -0.335 e. The second-order valence-corrected chi connectivity index (χ2v) is 5.86. The van der Waals surface area contributed by atoms with E-state index < -0.39 is 0 Å². The maximum absolute atomic E-state index is 13.0. The fourth-order valence-corrected chi connectivity index (χ4v) is 3.35. The largest absolute Gasteiger partial charge is 0.335 e. The topological polar surface area (TPSA) is 50.2 Å². The maximum Gasteiger partial charge on any atom is 0.238 e. The lowest BCUT2D eigenvalue weighted by atomic mass is 10.0. The Morgan fingerprint density at radius 3 is 2.86 bits per heavy atom. The van der Waals surface area contributed by atoms with Crippen LogP contribution in [0.25, 0.3) is 5.69 Å². The van der Waals surface area contributed by atoms with Gasteiger partial charge in [0.05, 0.1) is 17.9 Å². The molecule has 1 aromatic heterocycles. The predicted octanol–water partition coefficient (Wildman–Crippen LogP) is 1.99. The van der Waals surface area contributed by atoms with E-state index >= 15 is 0 Å². The Hall–Kier alpha value is -2.21. The summed E-state index contributed by atoms with van der Waals surface area (Å²) in [4.78, 5) is 14.3. The number of hydrogen-bond donors (Lipinski definition) is 1. The lowest BCUT2D eigenvalue weighted by Gasteiger charge is -2.30. The van der Waals surface area contributed by atoms with Crippen LogP contribution >= 0.6 is 0 Å². The average Bonchev–Trinajstić information content (AvgIpc) is 3.14. The molecule has 0 bridgehead atoms. The lowest BCUT2D eigenvalue weighted by Crippen LogP contribution is -2.38.